The zero-order chi connectivity index (χ0) is 24.5. The van der Waals surface area contributed by atoms with Crippen molar-refractivity contribution < 1.29 is 28.2 Å². The van der Waals surface area contributed by atoms with Crippen LogP contribution in [0.1, 0.15) is 35.3 Å². The molecular weight excluding hydrogens is 476 g/mol. The Hall–Kier alpha value is -3.37. The second kappa shape index (κ2) is 9.71. The van der Waals surface area contributed by atoms with Crippen molar-refractivity contribution in [1.82, 2.24) is 14.9 Å². The van der Waals surface area contributed by atoms with Gasteiger partial charge in [0.2, 0.25) is 0 Å². The minimum atomic E-state index is -0.710. The number of aromatic nitrogens is 2. The largest absolute Gasteiger partial charge is 0.493 e. The molecule has 1 saturated carbocycles. The first-order chi connectivity index (χ1) is 16.9. The fourth-order valence-electron chi connectivity index (χ4n) is 4.19. The van der Waals surface area contributed by atoms with Crippen molar-refractivity contribution in [2.45, 2.75) is 44.1 Å². The maximum absolute atomic E-state index is 13.5. The summed E-state index contributed by atoms with van der Waals surface area (Å²) in [6, 6.07) is 6.17. The van der Waals surface area contributed by atoms with E-state index in [1.165, 1.54) is 19.1 Å². The molecule has 3 aromatic rings. The number of pyridine rings is 1. The summed E-state index contributed by atoms with van der Waals surface area (Å²) in [5, 5.41) is 3.64. The Morgan fingerprint density at radius 2 is 2.06 bits per heavy atom. The molecule has 0 bridgehead atoms. The number of methoxy groups -OCH3 is 2. The highest BCUT2D eigenvalue weighted by Crippen LogP contribution is 2.34. The summed E-state index contributed by atoms with van der Waals surface area (Å²) < 4.78 is 22.2. The quantitative estimate of drug-likeness (QED) is 0.464. The molecular formula is C24H25ClN4O6. The fraction of sp³-hybridized carbons (Fsp3) is 0.417. The van der Waals surface area contributed by atoms with Crippen LogP contribution in [0.5, 0.6) is 5.75 Å². The lowest BCUT2D eigenvalue weighted by Gasteiger charge is -2.22. The second-order valence-electron chi connectivity index (χ2n) is 8.55. The highest BCUT2D eigenvalue weighted by atomic mass is 35.5. The van der Waals surface area contributed by atoms with Gasteiger partial charge in [-0.2, -0.15) is 4.98 Å². The van der Waals surface area contributed by atoms with Gasteiger partial charge in [0, 0.05) is 29.7 Å². The number of nitrogens with zero attached hydrogens (tertiary/aromatic N) is 3. The number of fused-ring (bicyclic) bond motifs is 1. The van der Waals surface area contributed by atoms with Crippen LogP contribution in [0.15, 0.2) is 34.9 Å². The average molecular weight is 501 g/mol. The van der Waals surface area contributed by atoms with E-state index in [-0.39, 0.29) is 24.1 Å². The molecule has 1 aromatic carbocycles. The molecule has 1 saturated heterocycles. The highest BCUT2D eigenvalue weighted by Gasteiger charge is 2.43. The Labute approximate surface area is 206 Å². The zero-order valence-electron chi connectivity index (χ0n) is 19.3. The molecule has 2 unspecified atom stereocenters. The Balaban J connectivity index is 1.38. The van der Waals surface area contributed by atoms with Crippen molar-refractivity contribution in [2.75, 3.05) is 26.1 Å². The molecule has 2 aliphatic rings. The maximum atomic E-state index is 13.5. The molecule has 3 heterocycles. The van der Waals surface area contributed by atoms with Gasteiger partial charge in [-0.3, -0.25) is 9.78 Å². The van der Waals surface area contributed by atoms with Crippen LogP contribution < -0.4 is 10.1 Å². The van der Waals surface area contributed by atoms with E-state index in [1.54, 1.807) is 30.5 Å². The van der Waals surface area contributed by atoms with Gasteiger partial charge in [-0.1, -0.05) is 11.6 Å². The van der Waals surface area contributed by atoms with E-state index in [1.807, 2.05) is 0 Å². The van der Waals surface area contributed by atoms with Gasteiger partial charge in [0.1, 0.15) is 11.6 Å². The van der Waals surface area contributed by atoms with Crippen molar-refractivity contribution >= 4 is 40.6 Å². The van der Waals surface area contributed by atoms with Gasteiger partial charge >= 0.3 is 5.97 Å². The molecule has 10 nitrogen and oxygen atoms in total. The standard InChI is InChI=1S/C24H25ClN4O6/c1-32-20-8-13(22(30)29-12-17(34-16-3-4-16)10-19(29)23(31)33-2)7-18-21(20)35-24(28-18)27-11-15-9-14(25)5-6-26-15/h5-9,16-17,19H,3-4,10-12H2,1-2H3,(H,27,28). The van der Waals surface area contributed by atoms with E-state index in [4.69, 9.17) is 30.2 Å². The molecule has 2 fully saturated rings. The molecule has 5 rings (SSSR count). The van der Waals surface area contributed by atoms with E-state index in [0.717, 1.165) is 12.8 Å². The van der Waals surface area contributed by atoms with Gasteiger partial charge < -0.3 is 28.8 Å². The van der Waals surface area contributed by atoms with Crippen LogP contribution in [-0.2, 0) is 20.8 Å². The fourth-order valence-corrected chi connectivity index (χ4v) is 4.37. The van der Waals surface area contributed by atoms with E-state index >= 15 is 0 Å². The number of hydrogen-bond donors (Lipinski definition) is 1. The SMILES string of the molecule is COC(=O)C1CC(OC2CC2)CN1C(=O)c1cc(OC)c2oc(NCc3cc(Cl)ccn3)nc2c1. The molecule has 2 atom stereocenters. The number of benzene rings is 1. The first-order valence-electron chi connectivity index (χ1n) is 11.3. The summed E-state index contributed by atoms with van der Waals surface area (Å²) in [6.45, 7) is 0.659. The summed E-state index contributed by atoms with van der Waals surface area (Å²) in [7, 11) is 2.80. The summed E-state index contributed by atoms with van der Waals surface area (Å²) in [4.78, 5) is 36.1. The summed E-state index contributed by atoms with van der Waals surface area (Å²) in [6.07, 6.45) is 4.06. The lowest BCUT2D eigenvalue weighted by molar-refractivity contribution is -0.145. The van der Waals surface area contributed by atoms with Gasteiger partial charge in [-0.15, -0.1) is 0 Å². The molecule has 35 heavy (non-hydrogen) atoms. The van der Waals surface area contributed by atoms with Crippen molar-refractivity contribution in [3.8, 4) is 5.75 Å². The van der Waals surface area contributed by atoms with E-state index < -0.39 is 12.0 Å². The van der Waals surface area contributed by atoms with Crippen molar-refractivity contribution in [3.05, 3.63) is 46.7 Å². The summed E-state index contributed by atoms with van der Waals surface area (Å²) in [5.41, 5.74) is 1.88. The first-order valence-corrected chi connectivity index (χ1v) is 11.7. The molecule has 1 N–H and O–H groups in total. The van der Waals surface area contributed by atoms with Crippen LogP contribution in [0.4, 0.5) is 6.01 Å². The lowest BCUT2D eigenvalue weighted by Crippen LogP contribution is -2.41. The number of carbonyl (C=O) groups is 2. The lowest BCUT2D eigenvalue weighted by atomic mass is 10.1. The number of nitrogens with one attached hydrogen (secondary N) is 1. The molecule has 1 aliphatic carbocycles. The molecule has 2 aromatic heterocycles. The Morgan fingerprint density at radius 3 is 2.77 bits per heavy atom. The highest BCUT2D eigenvalue weighted by molar-refractivity contribution is 6.30. The van der Waals surface area contributed by atoms with Gasteiger partial charge in [-0.25, -0.2) is 4.79 Å². The molecule has 0 radical (unpaired) electrons. The van der Waals surface area contributed by atoms with E-state index in [9.17, 15) is 9.59 Å². The van der Waals surface area contributed by atoms with Crippen LogP contribution in [0, 0.1) is 0 Å². The smallest absolute Gasteiger partial charge is 0.328 e. The van der Waals surface area contributed by atoms with Crippen molar-refractivity contribution in [2.24, 2.45) is 0 Å². The predicted octanol–water partition coefficient (Wildman–Crippen LogP) is 3.43. The minimum absolute atomic E-state index is 0.205. The molecule has 11 heteroatoms. The maximum Gasteiger partial charge on any atom is 0.328 e. The average Bonchev–Trinajstić information content (AvgIpc) is 3.42. The van der Waals surface area contributed by atoms with Crippen LogP contribution in [0.25, 0.3) is 11.1 Å². The molecule has 184 valence electrons. The Bertz CT molecular complexity index is 1260. The third kappa shape index (κ3) is 5.03. The van der Waals surface area contributed by atoms with E-state index in [0.29, 0.717) is 52.6 Å². The third-order valence-electron chi connectivity index (χ3n) is 6.03. The number of rotatable bonds is 8. The van der Waals surface area contributed by atoms with Crippen LogP contribution in [0.3, 0.4) is 0 Å². The number of amides is 1. The number of likely N-dealkylation sites (tertiary alicyclic amines) is 1. The van der Waals surface area contributed by atoms with Gasteiger partial charge in [-0.05, 0) is 37.1 Å². The van der Waals surface area contributed by atoms with Gasteiger partial charge in [0.25, 0.3) is 11.9 Å². The van der Waals surface area contributed by atoms with Crippen molar-refractivity contribution in [1.29, 1.82) is 0 Å². The van der Waals surface area contributed by atoms with E-state index in [2.05, 4.69) is 15.3 Å². The first kappa shape index (κ1) is 23.4. The number of halogens is 1. The van der Waals surface area contributed by atoms with Gasteiger partial charge in [0.15, 0.2) is 11.3 Å². The number of hydrogen-bond acceptors (Lipinski definition) is 9. The second-order valence-corrected chi connectivity index (χ2v) is 8.99. The Kier molecular flexibility index (Phi) is 6.48. The minimum Gasteiger partial charge on any atom is -0.493 e. The summed E-state index contributed by atoms with van der Waals surface area (Å²) in [5.74, 6) is -0.439. The number of anilines is 1. The molecule has 0 spiro atoms. The number of oxazole rings is 1. The predicted molar refractivity (Wildman–Crippen MR) is 126 cm³/mol. The number of ether oxygens (including phenoxy) is 3. The zero-order valence-corrected chi connectivity index (χ0v) is 20.1. The van der Waals surface area contributed by atoms with Crippen LogP contribution in [0.2, 0.25) is 5.02 Å². The normalized spacial score (nSPS) is 19.7. The topological polar surface area (TPSA) is 116 Å². The van der Waals surface area contributed by atoms with Crippen LogP contribution in [-0.4, -0.2) is 65.8 Å². The number of esters is 1. The molecule has 1 amide bonds. The summed E-state index contributed by atoms with van der Waals surface area (Å²) >= 11 is 6.01. The number of carbonyl (C=O) groups excluding carboxylic acids is 2. The monoisotopic (exact) mass is 500 g/mol. The third-order valence-corrected chi connectivity index (χ3v) is 6.26. The Morgan fingerprint density at radius 1 is 1.23 bits per heavy atom. The molecule has 1 aliphatic heterocycles. The van der Waals surface area contributed by atoms with Crippen molar-refractivity contribution in [3.63, 3.8) is 0 Å². The van der Waals surface area contributed by atoms with Gasteiger partial charge in [0.05, 0.1) is 38.7 Å². The van der Waals surface area contributed by atoms with Crippen LogP contribution >= 0.6 is 11.6 Å².